The van der Waals surface area contributed by atoms with Gasteiger partial charge in [0.2, 0.25) is 0 Å². The number of hydrogen-bond acceptors (Lipinski definition) is 4. The third kappa shape index (κ3) is 3.25. The molecule has 0 bridgehead atoms. The first-order valence-electron chi connectivity index (χ1n) is 6.48. The van der Waals surface area contributed by atoms with Crippen LogP contribution in [0.15, 0.2) is 42.5 Å². The Kier molecular flexibility index (Phi) is 4.78. The minimum absolute atomic E-state index is 0.00320. The van der Waals surface area contributed by atoms with Crippen LogP contribution in [-0.2, 0) is 0 Å². The average Bonchev–Trinajstić information content (AvgIpc) is 2.53. The van der Waals surface area contributed by atoms with E-state index in [1.807, 2.05) is 0 Å². The van der Waals surface area contributed by atoms with Crippen molar-refractivity contribution >= 4 is 11.9 Å². The highest BCUT2D eigenvalue weighted by atomic mass is 19.1. The number of allylic oxidation sites excluding steroid dienone is 1. The van der Waals surface area contributed by atoms with Gasteiger partial charge in [0, 0.05) is 11.1 Å². The van der Waals surface area contributed by atoms with Gasteiger partial charge in [-0.1, -0.05) is 12.1 Å². The molecule has 2 aromatic rings. The van der Waals surface area contributed by atoms with Gasteiger partial charge in [-0.2, -0.15) is 0 Å². The third-order valence-electron chi connectivity index (χ3n) is 3.06. The fourth-order valence-corrected chi connectivity index (χ4v) is 1.95. The summed E-state index contributed by atoms with van der Waals surface area (Å²) >= 11 is 0. The Labute approximate surface area is 127 Å². The number of ketones is 1. The van der Waals surface area contributed by atoms with Crippen molar-refractivity contribution in [3.05, 3.63) is 59.4 Å². The second-order valence-electron chi connectivity index (χ2n) is 4.45. The van der Waals surface area contributed by atoms with Gasteiger partial charge in [0.25, 0.3) is 0 Å². The van der Waals surface area contributed by atoms with Gasteiger partial charge in [-0.05, 0) is 36.4 Å². The lowest BCUT2D eigenvalue weighted by atomic mass is 10.1. The van der Waals surface area contributed by atoms with Gasteiger partial charge < -0.3 is 14.6 Å². The molecule has 4 nitrogen and oxygen atoms in total. The van der Waals surface area contributed by atoms with E-state index in [-0.39, 0.29) is 28.6 Å². The highest BCUT2D eigenvalue weighted by molar-refractivity contribution is 6.07. The van der Waals surface area contributed by atoms with Gasteiger partial charge in [-0.25, -0.2) is 4.39 Å². The van der Waals surface area contributed by atoms with Crippen molar-refractivity contribution in [3.8, 4) is 17.2 Å². The molecule has 22 heavy (non-hydrogen) atoms. The quantitative estimate of drug-likeness (QED) is 0.679. The molecule has 2 rings (SSSR count). The molecule has 0 aliphatic heterocycles. The van der Waals surface area contributed by atoms with Gasteiger partial charge in [0.1, 0.15) is 5.75 Å². The van der Waals surface area contributed by atoms with Gasteiger partial charge in [-0.3, -0.25) is 4.79 Å². The first kappa shape index (κ1) is 15.6. The fraction of sp³-hybridized carbons (Fsp3) is 0.118. The van der Waals surface area contributed by atoms with Crippen LogP contribution >= 0.6 is 0 Å². The first-order valence-corrected chi connectivity index (χ1v) is 6.48. The van der Waals surface area contributed by atoms with Gasteiger partial charge in [0.15, 0.2) is 23.1 Å². The SMILES string of the molecule is COc1ccc(/C=C/C(=O)c2cccc(O)c2)c(F)c1OC. The maximum absolute atomic E-state index is 14.2. The van der Waals surface area contributed by atoms with Crippen LogP contribution in [0.5, 0.6) is 17.2 Å². The molecule has 0 saturated carbocycles. The predicted octanol–water partition coefficient (Wildman–Crippen LogP) is 3.44. The van der Waals surface area contributed by atoms with E-state index in [0.29, 0.717) is 5.56 Å². The summed E-state index contributed by atoms with van der Waals surface area (Å²) in [5.74, 6) is -0.700. The van der Waals surface area contributed by atoms with E-state index >= 15 is 0 Å². The van der Waals surface area contributed by atoms with Gasteiger partial charge >= 0.3 is 0 Å². The van der Waals surface area contributed by atoms with E-state index in [0.717, 1.165) is 0 Å². The average molecular weight is 302 g/mol. The Bertz CT molecular complexity index is 723. The number of aromatic hydroxyl groups is 1. The molecule has 5 heteroatoms. The van der Waals surface area contributed by atoms with Crippen molar-refractivity contribution in [2.75, 3.05) is 14.2 Å². The topological polar surface area (TPSA) is 55.8 Å². The number of halogens is 1. The Morgan fingerprint density at radius 3 is 2.59 bits per heavy atom. The lowest BCUT2D eigenvalue weighted by Crippen LogP contribution is -1.97. The zero-order chi connectivity index (χ0) is 16.1. The van der Waals surface area contributed by atoms with E-state index in [1.165, 1.54) is 44.6 Å². The van der Waals surface area contributed by atoms with E-state index in [9.17, 15) is 14.3 Å². The molecule has 0 aromatic heterocycles. The van der Waals surface area contributed by atoms with Crippen LogP contribution in [0.25, 0.3) is 6.08 Å². The number of carbonyl (C=O) groups excluding carboxylic acids is 1. The molecule has 1 N–H and O–H groups in total. The number of hydrogen-bond donors (Lipinski definition) is 1. The Morgan fingerprint density at radius 1 is 1.18 bits per heavy atom. The minimum atomic E-state index is -0.609. The molecule has 114 valence electrons. The van der Waals surface area contributed by atoms with Crippen LogP contribution in [0.1, 0.15) is 15.9 Å². The summed E-state index contributed by atoms with van der Waals surface area (Å²) in [7, 11) is 2.75. The maximum Gasteiger partial charge on any atom is 0.197 e. The molecule has 0 fully saturated rings. The van der Waals surface area contributed by atoms with Crippen LogP contribution < -0.4 is 9.47 Å². The number of rotatable bonds is 5. The molecule has 0 amide bonds. The summed E-state index contributed by atoms with van der Waals surface area (Å²) in [5.41, 5.74) is 0.517. The Morgan fingerprint density at radius 2 is 1.95 bits per heavy atom. The molecule has 0 unspecified atom stereocenters. The molecule has 2 aromatic carbocycles. The summed E-state index contributed by atoms with van der Waals surface area (Å²) in [4.78, 5) is 12.0. The second kappa shape index (κ2) is 6.76. The zero-order valence-corrected chi connectivity index (χ0v) is 12.2. The standard InChI is InChI=1S/C17H15FO4/c1-21-15-9-7-11(16(18)17(15)22-2)6-8-14(20)12-4-3-5-13(19)10-12/h3-10,19H,1-2H3/b8-6+. The largest absolute Gasteiger partial charge is 0.508 e. The van der Waals surface area contributed by atoms with Gasteiger partial charge in [-0.15, -0.1) is 0 Å². The van der Waals surface area contributed by atoms with Crippen LogP contribution in [0.4, 0.5) is 4.39 Å². The molecule has 0 radical (unpaired) electrons. The van der Waals surface area contributed by atoms with Crippen LogP contribution in [0.2, 0.25) is 0 Å². The number of methoxy groups -OCH3 is 2. The highest BCUT2D eigenvalue weighted by Crippen LogP contribution is 2.32. The van der Waals surface area contributed by atoms with E-state index < -0.39 is 5.82 Å². The molecule has 0 spiro atoms. The third-order valence-corrected chi connectivity index (χ3v) is 3.06. The molecule has 0 atom stereocenters. The minimum Gasteiger partial charge on any atom is -0.508 e. The smallest absolute Gasteiger partial charge is 0.197 e. The predicted molar refractivity (Wildman–Crippen MR) is 81.0 cm³/mol. The van der Waals surface area contributed by atoms with Crippen molar-refractivity contribution in [3.63, 3.8) is 0 Å². The number of ether oxygens (including phenoxy) is 2. The first-order chi connectivity index (χ1) is 10.6. The summed E-state index contributed by atoms with van der Waals surface area (Å²) in [5, 5.41) is 9.35. The molecule has 0 aliphatic rings. The van der Waals surface area contributed by atoms with E-state index in [2.05, 4.69) is 0 Å². The van der Waals surface area contributed by atoms with Crippen molar-refractivity contribution < 1.29 is 23.8 Å². The van der Waals surface area contributed by atoms with Crippen LogP contribution in [0.3, 0.4) is 0 Å². The highest BCUT2D eigenvalue weighted by Gasteiger charge is 2.13. The number of phenolic OH excluding ortho intramolecular Hbond substituents is 1. The van der Waals surface area contributed by atoms with E-state index in [4.69, 9.17) is 9.47 Å². The van der Waals surface area contributed by atoms with Gasteiger partial charge in [0.05, 0.1) is 14.2 Å². The molecular weight excluding hydrogens is 287 g/mol. The Balaban J connectivity index is 2.29. The number of benzene rings is 2. The second-order valence-corrected chi connectivity index (χ2v) is 4.45. The van der Waals surface area contributed by atoms with Crippen molar-refractivity contribution in [2.45, 2.75) is 0 Å². The van der Waals surface area contributed by atoms with Crippen LogP contribution in [-0.4, -0.2) is 25.1 Å². The van der Waals surface area contributed by atoms with Crippen molar-refractivity contribution in [1.82, 2.24) is 0 Å². The van der Waals surface area contributed by atoms with Crippen LogP contribution in [0, 0.1) is 5.82 Å². The maximum atomic E-state index is 14.2. The summed E-state index contributed by atoms with van der Waals surface area (Å²) < 4.78 is 24.2. The summed E-state index contributed by atoms with van der Waals surface area (Å²) in [6.45, 7) is 0. The number of carbonyl (C=O) groups is 1. The summed E-state index contributed by atoms with van der Waals surface area (Å²) in [6.07, 6.45) is 2.59. The molecular formula is C17H15FO4. The normalized spacial score (nSPS) is 10.7. The molecule has 0 aliphatic carbocycles. The van der Waals surface area contributed by atoms with Crippen molar-refractivity contribution in [1.29, 1.82) is 0 Å². The fourth-order valence-electron chi connectivity index (χ4n) is 1.95. The number of phenols is 1. The zero-order valence-electron chi connectivity index (χ0n) is 12.2. The molecule has 0 heterocycles. The lowest BCUT2D eigenvalue weighted by Gasteiger charge is -2.09. The monoisotopic (exact) mass is 302 g/mol. The molecule has 0 saturated heterocycles. The summed E-state index contributed by atoms with van der Waals surface area (Å²) in [6, 6.07) is 8.99. The van der Waals surface area contributed by atoms with Crippen molar-refractivity contribution in [2.24, 2.45) is 0 Å². The Hall–Kier alpha value is -2.82. The van der Waals surface area contributed by atoms with E-state index in [1.54, 1.807) is 18.2 Å². The lowest BCUT2D eigenvalue weighted by molar-refractivity contribution is 0.104.